The molecule has 0 aliphatic heterocycles. The van der Waals surface area contributed by atoms with Crippen LogP contribution in [0.15, 0.2) is 48.5 Å². The number of rotatable bonds is 5. The molecule has 0 saturated heterocycles. The summed E-state index contributed by atoms with van der Waals surface area (Å²) in [7, 11) is 1.65. The molecule has 3 rings (SSSR count). The van der Waals surface area contributed by atoms with Crippen LogP contribution in [0, 0.1) is 19.7 Å². The quantitative estimate of drug-likeness (QED) is 0.634. The van der Waals surface area contributed by atoms with Crippen molar-refractivity contribution in [2.24, 2.45) is 0 Å². The number of nitrogens with zero attached hydrogens (tertiary/aromatic N) is 2. The molecule has 0 bridgehead atoms. The molecule has 2 aromatic carbocycles. The number of nitrogens with one attached hydrogen (secondary N) is 2. The van der Waals surface area contributed by atoms with Crippen molar-refractivity contribution in [3.63, 3.8) is 0 Å². The zero-order valence-electron chi connectivity index (χ0n) is 15.4. The molecule has 0 aliphatic carbocycles. The Labute approximate surface area is 163 Å². The predicted octanol–water partition coefficient (Wildman–Crippen LogP) is 4.50. The third kappa shape index (κ3) is 4.62. The summed E-state index contributed by atoms with van der Waals surface area (Å²) < 4.78 is 20.2. The van der Waals surface area contributed by atoms with Crippen LogP contribution in [0.4, 0.5) is 15.8 Å². The third-order valence-corrected chi connectivity index (χ3v) is 4.39. The zero-order valence-corrected chi connectivity index (χ0v) is 16.2. The molecular formula is C20H21FN4OS. The lowest BCUT2D eigenvalue weighted by Crippen LogP contribution is -2.20. The molecule has 0 saturated carbocycles. The fraction of sp³-hybridized carbons (Fsp3) is 0.200. The molecule has 7 heteroatoms. The minimum absolute atomic E-state index is 0.287. The first-order valence-corrected chi connectivity index (χ1v) is 8.87. The van der Waals surface area contributed by atoms with Crippen LogP contribution in [0.5, 0.6) is 5.75 Å². The summed E-state index contributed by atoms with van der Waals surface area (Å²) in [6.45, 7) is 4.55. The van der Waals surface area contributed by atoms with Crippen LogP contribution >= 0.6 is 12.2 Å². The van der Waals surface area contributed by atoms with Crippen LogP contribution in [0.2, 0.25) is 0 Å². The Hall–Kier alpha value is -2.93. The number of aryl methyl sites for hydroxylation is 1. The van der Waals surface area contributed by atoms with Crippen LogP contribution in [0.25, 0.3) is 0 Å². The molecule has 1 aromatic heterocycles. The maximum Gasteiger partial charge on any atom is 0.175 e. The van der Waals surface area contributed by atoms with E-state index < -0.39 is 0 Å². The molecule has 5 nitrogen and oxygen atoms in total. The average molecular weight is 384 g/mol. The van der Waals surface area contributed by atoms with E-state index >= 15 is 0 Å². The molecule has 3 aromatic rings. The zero-order chi connectivity index (χ0) is 19.4. The van der Waals surface area contributed by atoms with Gasteiger partial charge < -0.3 is 15.4 Å². The van der Waals surface area contributed by atoms with E-state index in [0.717, 1.165) is 28.4 Å². The lowest BCUT2D eigenvalue weighted by atomic mass is 10.2. The summed E-state index contributed by atoms with van der Waals surface area (Å²) in [5.74, 6) is 0.530. The number of aromatic nitrogens is 2. The minimum atomic E-state index is -0.287. The Morgan fingerprint density at radius 1 is 1.15 bits per heavy atom. The number of hydrogen-bond donors (Lipinski definition) is 2. The van der Waals surface area contributed by atoms with E-state index in [9.17, 15) is 4.39 Å². The fourth-order valence-corrected chi connectivity index (χ4v) is 3.00. The van der Waals surface area contributed by atoms with Gasteiger partial charge in [-0.3, -0.25) is 4.68 Å². The number of halogens is 1. The smallest absolute Gasteiger partial charge is 0.175 e. The summed E-state index contributed by atoms with van der Waals surface area (Å²) in [5.41, 5.74) is 4.49. The molecule has 140 valence electrons. The third-order valence-electron chi connectivity index (χ3n) is 4.19. The minimum Gasteiger partial charge on any atom is -0.497 e. The van der Waals surface area contributed by atoms with Crippen molar-refractivity contribution in [1.82, 2.24) is 9.78 Å². The van der Waals surface area contributed by atoms with Gasteiger partial charge in [-0.25, -0.2) is 4.39 Å². The van der Waals surface area contributed by atoms with Crippen LogP contribution in [-0.4, -0.2) is 22.0 Å². The van der Waals surface area contributed by atoms with E-state index in [0.29, 0.717) is 17.3 Å². The van der Waals surface area contributed by atoms with Gasteiger partial charge in [0.2, 0.25) is 0 Å². The second-order valence-corrected chi connectivity index (χ2v) is 6.55. The first kappa shape index (κ1) is 18.8. The monoisotopic (exact) mass is 384 g/mol. The highest BCUT2D eigenvalue weighted by Gasteiger charge is 2.13. The SMILES string of the molecule is COc1cccc(Cn2nc(C)c(NC(=S)Nc3ccc(F)cc3)c2C)c1. The van der Waals surface area contributed by atoms with E-state index in [2.05, 4.69) is 15.7 Å². The van der Waals surface area contributed by atoms with Gasteiger partial charge in [0.05, 0.1) is 30.7 Å². The number of benzene rings is 2. The maximum absolute atomic E-state index is 13.0. The van der Waals surface area contributed by atoms with Gasteiger partial charge in [-0.2, -0.15) is 5.10 Å². The van der Waals surface area contributed by atoms with E-state index in [1.807, 2.05) is 42.8 Å². The number of methoxy groups -OCH3 is 1. The summed E-state index contributed by atoms with van der Waals surface area (Å²) in [5, 5.41) is 11.3. The van der Waals surface area contributed by atoms with E-state index in [1.165, 1.54) is 12.1 Å². The normalized spacial score (nSPS) is 10.5. The van der Waals surface area contributed by atoms with Crippen molar-refractivity contribution < 1.29 is 9.13 Å². The Morgan fingerprint density at radius 2 is 1.89 bits per heavy atom. The summed E-state index contributed by atoms with van der Waals surface area (Å²) in [6.07, 6.45) is 0. The van der Waals surface area contributed by atoms with Crippen molar-refractivity contribution in [3.05, 3.63) is 71.3 Å². The van der Waals surface area contributed by atoms with E-state index in [1.54, 1.807) is 19.2 Å². The van der Waals surface area contributed by atoms with Crippen LogP contribution in [0.1, 0.15) is 17.0 Å². The van der Waals surface area contributed by atoms with Gasteiger partial charge in [0.15, 0.2) is 5.11 Å². The molecule has 0 radical (unpaired) electrons. The second-order valence-electron chi connectivity index (χ2n) is 6.14. The summed E-state index contributed by atoms with van der Waals surface area (Å²) >= 11 is 5.37. The lowest BCUT2D eigenvalue weighted by molar-refractivity contribution is 0.414. The lowest BCUT2D eigenvalue weighted by Gasteiger charge is -2.11. The standard InChI is InChI=1S/C20H21FN4OS/c1-13-19(23-20(27)22-17-9-7-16(21)8-10-17)14(2)25(24-13)12-15-5-4-6-18(11-15)26-3/h4-11H,12H2,1-3H3,(H2,22,23,27). The first-order valence-electron chi connectivity index (χ1n) is 8.47. The Balaban J connectivity index is 1.73. The van der Waals surface area contributed by atoms with E-state index in [-0.39, 0.29) is 5.82 Å². The first-order chi connectivity index (χ1) is 13.0. The van der Waals surface area contributed by atoms with Gasteiger partial charge in [0, 0.05) is 5.69 Å². The van der Waals surface area contributed by atoms with Gasteiger partial charge in [-0.1, -0.05) is 12.1 Å². The molecule has 0 spiro atoms. The van der Waals surface area contributed by atoms with Gasteiger partial charge in [0.25, 0.3) is 0 Å². The summed E-state index contributed by atoms with van der Waals surface area (Å²) in [6, 6.07) is 13.9. The van der Waals surface area contributed by atoms with Crippen LogP contribution in [0.3, 0.4) is 0 Å². The van der Waals surface area contributed by atoms with Crippen LogP contribution < -0.4 is 15.4 Å². The predicted molar refractivity (Wildman–Crippen MR) is 110 cm³/mol. The molecular weight excluding hydrogens is 363 g/mol. The molecule has 0 atom stereocenters. The average Bonchev–Trinajstić information content (AvgIpc) is 2.91. The Kier molecular flexibility index (Phi) is 5.71. The number of ether oxygens (including phenoxy) is 1. The second kappa shape index (κ2) is 8.18. The highest BCUT2D eigenvalue weighted by atomic mass is 32.1. The van der Waals surface area contributed by atoms with Gasteiger partial charge in [0.1, 0.15) is 11.6 Å². The molecule has 0 aliphatic rings. The van der Waals surface area contributed by atoms with Gasteiger partial charge >= 0.3 is 0 Å². The van der Waals surface area contributed by atoms with Crippen molar-refractivity contribution in [2.75, 3.05) is 17.7 Å². The Bertz CT molecular complexity index is 953. The maximum atomic E-state index is 13.0. The molecule has 0 amide bonds. The van der Waals surface area contributed by atoms with Crippen molar-refractivity contribution in [1.29, 1.82) is 0 Å². The highest BCUT2D eigenvalue weighted by molar-refractivity contribution is 7.80. The van der Waals surface area contributed by atoms with Gasteiger partial charge in [-0.15, -0.1) is 0 Å². The van der Waals surface area contributed by atoms with E-state index in [4.69, 9.17) is 17.0 Å². The van der Waals surface area contributed by atoms with Crippen molar-refractivity contribution >= 4 is 28.7 Å². The molecule has 1 heterocycles. The number of anilines is 2. The number of hydrogen-bond acceptors (Lipinski definition) is 3. The Morgan fingerprint density at radius 3 is 2.59 bits per heavy atom. The molecule has 2 N–H and O–H groups in total. The topological polar surface area (TPSA) is 51.1 Å². The summed E-state index contributed by atoms with van der Waals surface area (Å²) in [4.78, 5) is 0. The number of thiocarbonyl (C=S) groups is 1. The fourth-order valence-electron chi connectivity index (χ4n) is 2.78. The largest absolute Gasteiger partial charge is 0.497 e. The molecule has 0 unspecified atom stereocenters. The van der Waals surface area contributed by atoms with Gasteiger partial charge in [-0.05, 0) is 68.0 Å². The molecule has 27 heavy (non-hydrogen) atoms. The molecule has 0 fully saturated rings. The highest BCUT2D eigenvalue weighted by Crippen LogP contribution is 2.22. The van der Waals surface area contributed by atoms with Crippen molar-refractivity contribution in [2.45, 2.75) is 20.4 Å². The van der Waals surface area contributed by atoms with Crippen molar-refractivity contribution in [3.8, 4) is 5.75 Å². The van der Waals surface area contributed by atoms with Crippen LogP contribution in [-0.2, 0) is 6.54 Å².